The Kier molecular flexibility index (Phi) is 4.39. The van der Waals surface area contributed by atoms with Gasteiger partial charge in [0.15, 0.2) is 0 Å². The molecule has 1 amide bonds. The lowest BCUT2D eigenvalue weighted by atomic mass is 9.87. The molecule has 1 aromatic carbocycles. The molecule has 2 aromatic rings. The first-order valence-corrected chi connectivity index (χ1v) is 9.30. The van der Waals surface area contributed by atoms with E-state index in [-0.39, 0.29) is 29.2 Å². The average Bonchev–Trinajstić information content (AvgIpc) is 3.37. The van der Waals surface area contributed by atoms with E-state index in [0.717, 1.165) is 36.1 Å². The van der Waals surface area contributed by atoms with Gasteiger partial charge in [0.1, 0.15) is 5.82 Å². The number of carbonyl (C=O) groups is 1. The van der Waals surface area contributed by atoms with Gasteiger partial charge in [-0.25, -0.2) is 4.39 Å². The summed E-state index contributed by atoms with van der Waals surface area (Å²) >= 11 is 0. The number of benzene rings is 1. The van der Waals surface area contributed by atoms with E-state index < -0.39 is 0 Å². The highest BCUT2D eigenvalue weighted by Crippen LogP contribution is 2.39. The second-order valence-corrected chi connectivity index (χ2v) is 7.57. The smallest absolute Gasteiger partial charge is 0.251 e. The highest BCUT2D eigenvalue weighted by molar-refractivity contribution is 5.78. The van der Waals surface area contributed by atoms with Crippen molar-refractivity contribution in [2.45, 2.75) is 56.9 Å². The van der Waals surface area contributed by atoms with Crippen LogP contribution in [0.1, 0.15) is 66.3 Å². The molecule has 26 heavy (non-hydrogen) atoms. The van der Waals surface area contributed by atoms with Gasteiger partial charge in [-0.3, -0.25) is 9.59 Å². The molecule has 0 spiro atoms. The van der Waals surface area contributed by atoms with E-state index in [0.29, 0.717) is 24.3 Å². The van der Waals surface area contributed by atoms with E-state index in [4.69, 9.17) is 0 Å². The van der Waals surface area contributed by atoms with Crippen LogP contribution in [0.2, 0.25) is 0 Å². The highest BCUT2D eigenvalue weighted by Gasteiger charge is 2.29. The van der Waals surface area contributed by atoms with Crippen molar-refractivity contribution in [1.82, 2.24) is 10.3 Å². The summed E-state index contributed by atoms with van der Waals surface area (Å²) in [6.45, 7) is 1.74. The summed E-state index contributed by atoms with van der Waals surface area (Å²) in [5, 5.41) is 3.00. The van der Waals surface area contributed by atoms with Crippen molar-refractivity contribution >= 4 is 5.91 Å². The Hall–Kier alpha value is -2.43. The number of nitrogens with one attached hydrogen (secondary N) is 2. The zero-order valence-corrected chi connectivity index (χ0v) is 14.8. The van der Waals surface area contributed by atoms with Crippen LogP contribution < -0.4 is 10.9 Å². The van der Waals surface area contributed by atoms with Crippen molar-refractivity contribution in [3.63, 3.8) is 0 Å². The van der Waals surface area contributed by atoms with Gasteiger partial charge in [-0.05, 0) is 61.8 Å². The van der Waals surface area contributed by atoms with Crippen molar-refractivity contribution in [3.8, 4) is 0 Å². The molecule has 2 heterocycles. The molecule has 1 saturated carbocycles. The molecule has 4 nitrogen and oxygen atoms in total. The Balaban J connectivity index is 1.69. The Morgan fingerprint density at radius 3 is 2.58 bits per heavy atom. The largest absolute Gasteiger partial charge is 0.353 e. The maximum absolute atomic E-state index is 13.7. The van der Waals surface area contributed by atoms with Crippen LogP contribution in [0.4, 0.5) is 4.39 Å². The van der Waals surface area contributed by atoms with Gasteiger partial charge in [0.25, 0.3) is 5.56 Å². The van der Waals surface area contributed by atoms with Gasteiger partial charge in [-0.2, -0.15) is 0 Å². The second kappa shape index (κ2) is 6.71. The van der Waals surface area contributed by atoms with E-state index in [2.05, 4.69) is 10.3 Å². The number of aryl methyl sites for hydroxylation is 1. The molecule has 0 bridgehead atoms. The minimum absolute atomic E-state index is 0.0238. The van der Waals surface area contributed by atoms with Crippen LogP contribution in [0.25, 0.3) is 0 Å². The van der Waals surface area contributed by atoms with Gasteiger partial charge in [0, 0.05) is 29.6 Å². The minimum Gasteiger partial charge on any atom is -0.353 e. The van der Waals surface area contributed by atoms with Crippen LogP contribution in [0.5, 0.6) is 0 Å². The molecule has 1 aromatic heterocycles. The summed E-state index contributed by atoms with van der Waals surface area (Å²) in [5.41, 5.74) is 3.20. The Labute approximate surface area is 151 Å². The number of hydrogen-bond acceptors (Lipinski definition) is 2. The van der Waals surface area contributed by atoms with E-state index in [9.17, 15) is 14.0 Å². The maximum Gasteiger partial charge on any atom is 0.251 e. The molecule has 1 unspecified atom stereocenters. The van der Waals surface area contributed by atoms with Crippen LogP contribution in [0.15, 0.2) is 35.1 Å². The molecule has 1 aliphatic heterocycles. The van der Waals surface area contributed by atoms with Crippen LogP contribution in [0, 0.1) is 12.7 Å². The van der Waals surface area contributed by atoms with Gasteiger partial charge in [-0.15, -0.1) is 0 Å². The van der Waals surface area contributed by atoms with Crippen molar-refractivity contribution in [2.24, 2.45) is 0 Å². The predicted octanol–water partition coefficient (Wildman–Crippen LogP) is 3.50. The third kappa shape index (κ3) is 3.43. The van der Waals surface area contributed by atoms with Gasteiger partial charge < -0.3 is 10.3 Å². The lowest BCUT2D eigenvalue weighted by Crippen LogP contribution is -2.28. The standard InChI is InChI=1S/C21H23FN2O2/c1-12-10-14(4-7-18(12)22)17(11-15-5-9-20(25)23-15)19-8-6-16(13-2-3-13)21(26)24-19/h4,6-8,10,13,15,17H,2-3,5,9,11H2,1H3,(H,23,25)(H,24,26)/t15-,17?/m1/s1. The molecule has 2 aliphatic rings. The van der Waals surface area contributed by atoms with Crippen LogP contribution in [-0.2, 0) is 4.79 Å². The molecule has 1 aliphatic carbocycles. The summed E-state index contributed by atoms with van der Waals surface area (Å²) in [6.07, 6.45) is 4.18. The number of pyridine rings is 1. The number of H-pyrrole nitrogens is 1. The maximum atomic E-state index is 13.7. The average molecular weight is 354 g/mol. The van der Waals surface area contributed by atoms with Crippen molar-refractivity contribution in [1.29, 1.82) is 0 Å². The summed E-state index contributed by atoms with van der Waals surface area (Å²) in [5.74, 6) is 0.146. The van der Waals surface area contributed by atoms with Gasteiger partial charge in [0.05, 0.1) is 0 Å². The fourth-order valence-electron chi connectivity index (χ4n) is 3.89. The zero-order valence-electron chi connectivity index (χ0n) is 14.8. The topological polar surface area (TPSA) is 62.0 Å². The fraction of sp³-hybridized carbons (Fsp3) is 0.429. The zero-order chi connectivity index (χ0) is 18.3. The van der Waals surface area contributed by atoms with E-state index >= 15 is 0 Å². The number of aromatic nitrogens is 1. The first kappa shape index (κ1) is 17.0. The SMILES string of the molecule is Cc1cc(C(C[C@H]2CCC(=O)N2)c2ccc(C3CC3)c(=O)[nH]2)ccc1F. The monoisotopic (exact) mass is 354 g/mol. The predicted molar refractivity (Wildman–Crippen MR) is 97.8 cm³/mol. The highest BCUT2D eigenvalue weighted by atomic mass is 19.1. The second-order valence-electron chi connectivity index (χ2n) is 7.57. The molecular formula is C21H23FN2O2. The quantitative estimate of drug-likeness (QED) is 0.863. The Morgan fingerprint density at radius 1 is 1.15 bits per heavy atom. The Morgan fingerprint density at radius 2 is 1.96 bits per heavy atom. The number of hydrogen-bond donors (Lipinski definition) is 2. The van der Waals surface area contributed by atoms with E-state index in [1.807, 2.05) is 18.2 Å². The van der Waals surface area contributed by atoms with Gasteiger partial charge in [0.2, 0.25) is 5.91 Å². The minimum atomic E-state index is -0.237. The number of halogens is 1. The molecule has 4 rings (SSSR count). The third-order valence-electron chi connectivity index (χ3n) is 5.54. The lowest BCUT2D eigenvalue weighted by molar-refractivity contribution is -0.119. The lowest BCUT2D eigenvalue weighted by Gasteiger charge is -2.22. The molecule has 2 N–H and O–H groups in total. The molecular weight excluding hydrogens is 331 g/mol. The van der Waals surface area contributed by atoms with Crippen molar-refractivity contribution in [2.75, 3.05) is 0 Å². The molecule has 2 fully saturated rings. The van der Waals surface area contributed by atoms with Crippen molar-refractivity contribution < 1.29 is 9.18 Å². The number of rotatable bonds is 5. The Bertz CT molecular complexity index is 901. The third-order valence-corrected chi connectivity index (χ3v) is 5.54. The van der Waals surface area contributed by atoms with Crippen LogP contribution in [-0.4, -0.2) is 16.9 Å². The van der Waals surface area contributed by atoms with E-state index in [1.165, 1.54) is 6.07 Å². The van der Waals surface area contributed by atoms with Crippen LogP contribution in [0.3, 0.4) is 0 Å². The van der Waals surface area contributed by atoms with Gasteiger partial charge >= 0.3 is 0 Å². The summed E-state index contributed by atoms with van der Waals surface area (Å²) in [4.78, 5) is 27.1. The van der Waals surface area contributed by atoms with Crippen molar-refractivity contribution in [3.05, 3.63) is 68.9 Å². The normalized spacial score (nSPS) is 20.8. The summed E-state index contributed by atoms with van der Waals surface area (Å²) < 4.78 is 13.7. The molecule has 5 heteroatoms. The first-order valence-electron chi connectivity index (χ1n) is 9.30. The molecule has 1 saturated heterocycles. The number of aromatic amines is 1. The number of carbonyl (C=O) groups excluding carboxylic acids is 1. The number of amides is 1. The molecule has 2 atom stereocenters. The van der Waals surface area contributed by atoms with Crippen LogP contribution >= 0.6 is 0 Å². The summed E-state index contributed by atoms with van der Waals surface area (Å²) in [7, 11) is 0. The van der Waals surface area contributed by atoms with Gasteiger partial charge in [-0.1, -0.05) is 18.2 Å². The first-order chi connectivity index (χ1) is 12.5. The fourth-order valence-corrected chi connectivity index (χ4v) is 3.89. The molecule has 0 radical (unpaired) electrons. The summed E-state index contributed by atoms with van der Waals surface area (Å²) in [6, 6.07) is 9.07. The van der Waals surface area contributed by atoms with E-state index in [1.54, 1.807) is 13.0 Å². The molecule has 136 valence electrons.